The van der Waals surface area contributed by atoms with Crippen LogP contribution < -0.4 is 0 Å². The molecule has 0 saturated carbocycles. The molecule has 0 unspecified atom stereocenters. The van der Waals surface area contributed by atoms with Crippen LogP contribution in [0.15, 0.2) is 24.3 Å². The Labute approximate surface area is 117 Å². The van der Waals surface area contributed by atoms with Gasteiger partial charge >= 0.3 is 0 Å². The van der Waals surface area contributed by atoms with E-state index in [9.17, 15) is 0 Å². The lowest BCUT2D eigenvalue weighted by Gasteiger charge is -2.23. The van der Waals surface area contributed by atoms with Crippen molar-refractivity contribution in [3.05, 3.63) is 34.8 Å². The molecule has 1 fully saturated rings. The second-order valence-corrected chi connectivity index (χ2v) is 6.16. The van der Waals surface area contributed by atoms with E-state index in [0.717, 1.165) is 23.0 Å². The first-order valence-electron chi connectivity index (χ1n) is 6.83. The minimum absolute atomic E-state index is 0.365. The van der Waals surface area contributed by atoms with Gasteiger partial charge in [0.15, 0.2) is 0 Å². The van der Waals surface area contributed by atoms with Crippen molar-refractivity contribution in [2.24, 2.45) is 0 Å². The van der Waals surface area contributed by atoms with Gasteiger partial charge in [0, 0.05) is 12.2 Å². The number of rotatable bonds is 3. The predicted molar refractivity (Wildman–Crippen MR) is 77.4 cm³/mol. The number of hydrogen-bond acceptors (Lipinski definition) is 4. The van der Waals surface area contributed by atoms with Gasteiger partial charge in [0.1, 0.15) is 10.0 Å². The summed E-state index contributed by atoms with van der Waals surface area (Å²) in [5, 5.41) is 10.4. The maximum atomic E-state index is 5.85. The van der Waals surface area contributed by atoms with Gasteiger partial charge in [-0.25, -0.2) is 0 Å². The molecule has 4 heteroatoms. The average molecular weight is 274 g/mol. The van der Waals surface area contributed by atoms with Gasteiger partial charge in [0.2, 0.25) is 0 Å². The summed E-state index contributed by atoms with van der Waals surface area (Å²) in [6.45, 7) is 2.90. The number of benzene rings is 1. The highest BCUT2D eigenvalue weighted by molar-refractivity contribution is 7.14. The third kappa shape index (κ3) is 3.01. The van der Waals surface area contributed by atoms with Gasteiger partial charge in [0.25, 0.3) is 0 Å². The minimum Gasteiger partial charge on any atom is -0.378 e. The Balaban J connectivity index is 1.84. The zero-order valence-electron chi connectivity index (χ0n) is 11.1. The fourth-order valence-electron chi connectivity index (χ4n) is 2.53. The van der Waals surface area contributed by atoms with Crippen LogP contribution in [0.1, 0.15) is 29.8 Å². The first-order chi connectivity index (χ1) is 9.33. The second kappa shape index (κ2) is 5.80. The zero-order valence-corrected chi connectivity index (χ0v) is 11.9. The molecule has 0 radical (unpaired) electrons. The monoisotopic (exact) mass is 274 g/mol. The Morgan fingerprint density at radius 3 is 2.89 bits per heavy atom. The highest BCUT2D eigenvalue weighted by Gasteiger charge is 2.17. The van der Waals surface area contributed by atoms with Crippen molar-refractivity contribution in [3.8, 4) is 10.6 Å². The standard InChI is InChI=1S/C15H18N2OS/c1-11-16-17-15(19-11)14-8-3-2-6-12(14)10-13-7-4-5-9-18-13/h2-3,6,8,13H,4-5,7,9-10H2,1H3/t13-/m0/s1. The van der Waals surface area contributed by atoms with E-state index in [1.54, 1.807) is 11.3 Å². The lowest BCUT2D eigenvalue weighted by molar-refractivity contribution is 0.0168. The largest absolute Gasteiger partial charge is 0.378 e. The van der Waals surface area contributed by atoms with Gasteiger partial charge < -0.3 is 4.74 Å². The Kier molecular flexibility index (Phi) is 3.89. The summed E-state index contributed by atoms with van der Waals surface area (Å²) in [5.41, 5.74) is 2.54. The highest BCUT2D eigenvalue weighted by atomic mass is 32.1. The molecule has 1 atom stereocenters. The maximum Gasteiger partial charge on any atom is 0.148 e. The molecule has 1 aromatic carbocycles. The van der Waals surface area contributed by atoms with Gasteiger partial charge in [-0.3, -0.25) is 0 Å². The zero-order chi connectivity index (χ0) is 13.1. The first-order valence-corrected chi connectivity index (χ1v) is 7.64. The molecular formula is C15H18N2OS. The summed E-state index contributed by atoms with van der Waals surface area (Å²) >= 11 is 1.65. The van der Waals surface area contributed by atoms with Gasteiger partial charge in [-0.2, -0.15) is 0 Å². The third-order valence-electron chi connectivity index (χ3n) is 3.50. The minimum atomic E-state index is 0.365. The van der Waals surface area contributed by atoms with E-state index in [1.807, 2.05) is 6.92 Å². The lowest BCUT2D eigenvalue weighted by atomic mass is 9.98. The van der Waals surface area contributed by atoms with E-state index in [0.29, 0.717) is 6.10 Å². The van der Waals surface area contributed by atoms with Crippen LogP contribution >= 0.6 is 11.3 Å². The van der Waals surface area contributed by atoms with E-state index in [2.05, 4.69) is 34.5 Å². The molecule has 0 spiro atoms. The molecule has 0 N–H and O–H groups in total. The molecule has 2 heterocycles. The Morgan fingerprint density at radius 1 is 1.26 bits per heavy atom. The van der Waals surface area contributed by atoms with Gasteiger partial charge in [-0.05, 0) is 38.2 Å². The van der Waals surface area contributed by atoms with Crippen molar-refractivity contribution in [1.82, 2.24) is 10.2 Å². The lowest BCUT2D eigenvalue weighted by Crippen LogP contribution is -2.21. The third-order valence-corrected chi connectivity index (χ3v) is 4.37. The summed E-state index contributed by atoms with van der Waals surface area (Å²) < 4.78 is 5.85. The quantitative estimate of drug-likeness (QED) is 0.857. The van der Waals surface area contributed by atoms with Crippen LogP contribution in [-0.2, 0) is 11.2 Å². The van der Waals surface area contributed by atoms with Crippen LogP contribution in [0.25, 0.3) is 10.6 Å². The number of hydrogen-bond donors (Lipinski definition) is 0. The van der Waals surface area contributed by atoms with Crippen LogP contribution in [0.4, 0.5) is 0 Å². The molecule has 3 nitrogen and oxygen atoms in total. The molecule has 0 amide bonds. The molecule has 1 aromatic heterocycles. The maximum absolute atomic E-state index is 5.85. The smallest absolute Gasteiger partial charge is 0.148 e. The molecule has 100 valence electrons. The van der Waals surface area contributed by atoms with E-state index in [1.165, 1.54) is 30.4 Å². The predicted octanol–water partition coefficient (Wildman–Crippen LogP) is 3.63. The number of aromatic nitrogens is 2. The van der Waals surface area contributed by atoms with E-state index in [-0.39, 0.29) is 0 Å². The number of nitrogens with zero attached hydrogens (tertiary/aromatic N) is 2. The average Bonchev–Trinajstić information content (AvgIpc) is 2.87. The molecule has 0 aliphatic carbocycles. The van der Waals surface area contributed by atoms with Crippen molar-refractivity contribution >= 4 is 11.3 Å². The number of aryl methyl sites for hydroxylation is 1. The highest BCUT2D eigenvalue weighted by Crippen LogP contribution is 2.29. The van der Waals surface area contributed by atoms with E-state index in [4.69, 9.17) is 4.74 Å². The molecule has 1 aliphatic rings. The van der Waals surface area contributed by atoms with Crippen molar-refractivity contribution in [2.45, 2.75) is 38.7 Å². The fourth-order valence-corrected chi connectivity index (χ4v) is 3.28. The van der Waals surface area contributed by atoms with Crippen molar-refractivity contribution in [3.63, 3.8) is 0 Å². The summed E-state index contributed by atoms with van der Waals surface area (Å²) in [6.07, 6.45) is 5.00. The van der Waals surface area contributed by atoms with Gasteiger partial charge in [-0.1, -0.05) is 35.6 Å². The van der Waals surface area contributed by atoms with Crippen LogP contribution in [-0.4, -0.2) is 22.9 Å². The summed E-state index contributed by atoms with van der Waals surface area (Å²) in [6, 6.07) is 8.48. The van der Waals surface area contributed by atoms with E-state index >= 15 is 0 Å². The van der Waals surface area contributed by atoms with Crippen LogP contribution in [0.2, 0.25) is 0 Å². The Morgan fingerprint density at radius 2 is 2.16 bits per heavy atom. The van der Waals surface area contributed by atoms with Crippen LogP contribution in [0, 0.1) is 6.92 Å². The van der Waals surface area contributed by atoms with Crippen molar-refractivity contribution < 1.29 is 4.74 Å². The van der Waals surface area contributed by atoms with Crippen LogP contribution in [0.3, 0.4) is 0 Å². The molecule has 2 aromatic rings. The second-order valence-electron chi connectivity index (χ2n) is 4.98. The van der Waals surface area contributed by atoms with E-state index < -0.39 is 0 Å². The first kappa shape index (κ1) is 12.8. The normalized spacial score (nSPS) is 19.5. The summed E-state index contributed by atoms with van der Waals surface area (Å²) in [4.78, 5) is 0. The Bertz CT molecular complexity index is 547. The fraction of sp³-hybridized carbons (Fsp3) is 0.467. The number of ether oxygens (including phenoxy) is 1. The van der Waals surface area contributed by atoms with Gasteiger partial charge in [-0.15, -0.1) is 10.2 Å². The molecule has 1 aliphatic heterocycles. The Hall–Kier alpha value is -1.26. The molecule has 1 saturated heterocycles. The van der Waals surface area contributed by atoms with Crippen molar-refractivity contribution in [2.75, 3.05) is 6.61 Å². The molecule has 3 rings (SSSR count). The molecule has 0 bridgehead atoms. The SMILES string of the molecule is Cc1nnc(-c2ccccc2C[C@@H]2CCCCO2)s1. The van der Waals surface area contributed by atoms with Crippen molar-refractivity contribution in [1.29, 1.82) is 0 Å². The topological polar surface area (TPSA) is 35.0 Å². The molecular weight excluding hydrogens is 256 g/mol. The van der Waals surface area contributed by atoms with Gasteiger partial charge in [0.05, 0.1) is 6.10 Å². The summed E-state index contributed by atoms with van der Waals surface area (Å²) in [7, 11) is 0. The van der Waals surface area contributed by atoms with Crippen LogP contribution in [0.5, 0.6) is 0 Å². The summed E-state index contributed by atoms with van der Waals surface area (Å²) in [5.74, 6) is 0. The molecule has 19 heavy (non-hydrogen) atoms.